The van der Waals surface area contributed by atoms with Gasteiger partial charge in [-0.15, -0.1) is 0 Å². The molecule has 1 atom stereocenters. The quantitative estimate of drug-likeness (QED) is 0.256. The molecule has 1 saturated heterocycles. The monoisotopic (exact) mass is 542 g/mol. The molecule has 0 amide bonds. The predicted molar refractivity (Wildman–Crippen MR) is 152 cm³/mol. The summed E-state index contributed by atoms with van der Waals surface area (Å²) in [6.07, 6.45) is 8.18. The second-order valence-electron chi connectivity index (χ2n) is 8.48. The average molecular weight is 543 g/mol. The number of Topliss-reactive ketones (excluding diaryl/α,β-unsaturated/α-hetero) is 1. The third-order valence-corrected chi connectivity index (χ3v) is 6.85. The van der Waals surface area contributed by atoms with Crippen molar-refractivity contribution >= 4 is 51.8 Å². The number of benzene rings is 1. The van der Waals surface area contributed by atoms with Crippen LogP contribution in [0.3, 0.4) is 0 Å². The van der Waals surface area contributed by atoms with Crippen molar-refractivity contribution in [3.05, 3.63) is 74.1 Å². The summed E-state index contributed by atoms with van der Waals surface area (Å²) in [5.74, 6) is 0.0782. The van der Waals surface area contributed by atoms with E-state index in [1.807, 2.05) is 37.5 Å². The highest BCUT2D eigenvalue weighted by Crippen LogP contribution is 2.35. The Morgan fingerprint density at radius 3 is 2.68 bits per heavy atom. The first-order valence-electron chi connectivity index (χ1n) is 12.4. The largest absolute Gasteiger partial charge is 0.474 e. The number of aromatic nitrogens is 2. The predicted octanol–water partition coefficient (Wildman–Crippen LogP) is 6.58. The van der Waals surface area contributed by atoms with Gasteiger partial charge in [0.1, 0.15) is 11.6 Å². The summed E-state index contributed by atoms with van der Waals surface area (Å²) in [6, 6.07) is 7.07. The number of hydrogen-bond acceptors (Lipinski definition) is 6. The number of ether oxygens (including phenoxy) is 1. The number of allylic oxidation sites excluding steroid dienone is 2. The fourth-order valence-electron chi connectivity index (χ4n) is 4.40. The van der Waals surface area contributed by atoms with Crippen molar-refractivity contribution in [1.29, 1.82) is 5.41 Å². The third kappa shape index (κ3) is 6.22. The lowest BCUT2D eigenvalue weighted by atomic mass is 10.1. The van der Waals surface area contributed by atoms with E-state index < -0.39 is 0 Å². The minimum Gasteiger partial charge on any atom is -0.474 e. The molecule has 37 heavy (non-hydrogen) atoms. The van der Waals surface area contributed by atoms with E-state index >= 15 is 0 Å². The summed E-state index contributed by atoms with van der Waals surface area (Å²) in [5.41, 5.74) is 1.94. The highest BCUT2D eigenvalue weighted by molar-refractivity contribution is 6.34. The fourth-order valence-corrected chi connectivity index (χ4v) is 4.85. The van der Waals surface area contributed by atoms with E-state index in [0.717, 1.165) is 30.6 Å². The molecule has 1 aliphatic heterocycles. The van der Waals surface area contributed by atoms with Gasteiger partial charge in [0.2, 0.25) is 5.88 Å². The van der Waals surface area contributed by atoms with Gasteiger partial charge < -0.3 is 19.6 Å². The van der Waals surface area contributed by atoms with Gasteiger partial charge in [0.05, 0.1) is 27.8 Å². The lowest BCUT2D eigenvalue weighted by molar-refractivity contribution is 0.101. The van der Waals surface area contributed by atoms with E-state index in [-0.39, 0.29) is 22.8 Å². The zero-order valence-corrected chi connectivity index (χ0v) is 23.1. The van der Waals surface area contributed by atoms with E-state index in [1.165, 1.54) is 13.1 Å². The maximum atomic E-state index is 13.1. The Kier molecular flexibility index (Phi) is 9.89. The van der Waals surface area contributed by atoms with Gasteiger partial charge in [0, 0.05) is 37.1 Å². The molecule has 3 aromatic rings. The molecule has 0 saturated carbocycles. The first kappa shape index (κ1) is 28.4. The molecular weight excluding hydrogens is 511 g/mol. The van der Waals surface area contributed by atoms with E-state index in [2.05, 4.69) is 9.88 Å². The minimum absolute atomic E-state index is 0.0485. The third-order valence-electron chi connectivity index (χ3n) is 6.26. The van der Waals surface area contributed by atoms with Crippen LogP contribution in [0.25, 0.3) is 10.9 Å². The molecule has 0 aliphatic carbocycles. The van der Waals surface area contributed by atoms with Crippen LogP contribution in [0.5, 0.6) is 5.88 Å². The number of carbonyl (C=O) groups is 1. The molecular formula is C28H32Cl2N4O3. The van der Waals surface area contributed by atoms with Gasteiger partial charge in [0.25, 0.3) is 0 Å². The Bertz CT molecular complexity index is 1380. The molecule has 1 fully saturated rings. The number of nitrogens with one attached hydrogen (secondary N) is 1. The number of fused-ring (bicyclic) bond motifs is 1. The number of carbonyl (C=O) groups excluding carboxylic acids is 1. The molecule has 1 aromatic carbocycles. The molecule has 1 aliphatic rings. The first-order chi connectivity index (χ1) is 17.8. The lowest BCUT2D eigenvalue weighted by Gasteiger charge is -2.28. The molecule has 196 valence electrons. The zero-order chi connectivity index (χ0) is 27.1. The van der Waals surface area contributed by atoms with Crippen LogP contribution >= 0.6 is 23.2 Å². The highest BCUT2D eigenvalue weighted by Gasteiger charge is 2.28. The molecule has 1 unspecified atom stereocenters. The number of rotatable bonds is 8. The van der Waals surface area contributed by atoms with Crippen LogP contribution in [-0.2, 0) is 6.54 Å². The Labute approximate surface area is 227 Å². The summed E-state index contributed by atoms with van der Waals surface area (Å²) in [7, 11) is 0. The van der Waals surface area contributed by atoms with Gasteiger partial charge in [0.15, 0.2) is 11.2 Å². The van der Waals surface area contributed by atoms with Gasteiger partial charge in [-0.05, 0) is 56.5 Å². The van der Waals surface area contributed by atoms with Crippen LogP contribution < -0.4 is 15.1 Å². The van der Waals surface area contributed by atoms with Crippen molar-refractivity contribution in [3.8, 4) is 5.88 Å². The van der Waals surface area contributed by atoms with E-state index in [9.17, 15) is 9.59 Å². The smallest absolute Gasteiger partial charge is 0.232 e. The van der Waals surface area contributed by atoms with Crippen LogP contribution in [0.1, 0.15) is 50.9 Å². The molecule has 9 heteroatoms. The zero-order valence-electron chi connectivity index (χ0n) is 21.6. The lowest BCUT2D eigenvalue weighted by Crippen LogP contribution is -2.34. The fraction of sp³-hybridized carbons (Fsp3) is 0.357. The van der Waals surface area contributed by atoms with Crippen molar-refractivity contribution in [3.63, 3.8) is 0 Å². The minimum atomic E-state index is -0.347. The SMILES string of the molecule is C/C=C(\C=N)Cn1cc(C(C)=O)c(=O)c2cc(Cl)c(N3CCCC3COc3ncccc3Cl)cc21.CC. The van der Waals surface area contributed by atoms with Gasteiger partial charge in [-0.25, -0.2) is 4.98 Å². The van der Waals surface area contributed by atoms with Crippen LogP contribution in [0.2, 0.25) is 10.0 Å². The average Bonchev–Trinajstić information content (AvgIpc) is 3.37. The second kappa shape index (κ2) is 12.9. The Hall–Kier alpha value is -3.16. The van der Waals surface area contributed by atoms with Crippen LogP contribution in [0.4, 0.5) is 5.69 Å². The highest BCUT2D eigenvalue weighted by atomic mass is 35.5. The second-order valence-corrected chi connectivity index (χ2v) is 9.29. The van der Waals surface area contributed by atoms with Crippen LogP contribution in [-0.4, -0.2) is 40.7 Å². The first-order valence-corrected chi connectivity index (χ1v) is 13.1. The maximum Gasteiger partial charge on any atom is 0.232 e. The normalized spacial score (nSPS) is 15.4. The Morgan fingerprint density at radius 2 is 2.03 bits per heavy atom. The molecule has 0 spiro atoms. The van der Waals surface area contributed by atoms with Gasteiger partial charge in [-0.3, -0.25) is 9.59 Å². The van der Waals surface area contributed by atoms with Gasteiger partial charge in [-0.1, -0.05) is 43.1 Å². The van der Waals surface area contributed by atoms with E-state index in [4.69, 9.17) is 33.3 Å². The summed E-state index contributed by atoms with van der Waals surface area (Å²) < 4.78 is 7.75. The number of ketones is 1. The molecule has 0 radical (unpaired) electrons. The molecule has 3 heterocycles. The number of hydrogen-bond donors (Lipinski definition) is 1. The number of halogens is 2. The van der Waals surface area contributed by atoms with E-state index in [1.54, 1.807) is 30.6 Å². The van der Waals surface area contributed by atoms with Crippen molar-refractivity contribution in [1.82, 2.24) is 9.55 Å². The van der Waals surface area contributed by atoms with Crippen molar-refractivity contribution in [2.75, 3.05) is 18.1 Å². The summed E-state index contributed by atoms with van der Waals surface area (Å²) >= 11 is 12.9. The molecule has 7 nitrogen and oxygen atoms in total. The van der Waals surface area contributed by atoms with E-state index in [0.29, 0.717) is 40.0 Å². The summed E-state index contributed by atoms with van der Waals surface area (Å²) in [4.78, 5) is 31.6. The topological polar surface area (TPSA) is 88.3 Å². The Balaban J connectivity index is 0.00000186. The van der Waals surface area contributed by atoms with Crippen LogP contribution in [0, 0.1) is 5.41 Å². The van der Waals surface area contributed by atoms with Gasteiger partial charge in [-0.2, -0.15) is 0 Å². The maximum absolute atomic E-state index is 13.1. The molecule has 2 aromatic heterocycles. The standard InChI is InChI=1S/C26H26Cl2N4O3.C2H6/c1-3-17(12-29)13-31-14-20(16(2)33)25(34)19-10-22(28)24(11-23(19)31)32-9-5-6-18(32)15-35-26-21(27)7-4-8-30-26;1-2/h3-4,7-8,10-12,14,18,29H,5-6,9,13,15H2,1-2H3;1-2H3/b17-3+,29-12?;. The van der Waals surface area contributed by atoms with Crippen molar-refractivity contribution in [2.24, 2.45) is 0 Å². The van der Waals surface area contributed by atoms with Gasteiger partial charge >= 0.3 is 0 Å². The summed E-state index contributed by atoms with van der Waals surface area (Å²) in [5, 5.41) is 8.94. The molecule has 4 rings (SSSR count). The number of nitrogens with zero attached hydrogens (tertiary/aromatic N) is 3. The number of anilines is 1. The summed E-state index contributed by atoms with van der Waals surface area (Å²) in [6.45, 7) is 8.74. The molecule has 1 N–H and O–H groups in total. The Morgan fingerprint density at radius 1 is 1.27 bits per heavy atom. The van der Waals surface area contributed by atoms with Crippen LogP contribution in [0.15, 0.2) is 53.1 Å². The molecule has 0 bridgehead atoms. The number of pyridine rings is 2. The van der Waals surface area contributed by atoms with Crippen molar-refractivity contribution in [2.45, 2.75) is 53.1 Å². The van der Waals surface area contributed by atoms with Crippen molar-refractivity contribution < 1.29 is 9.53 Å².